The van der Waals surface area contributed by atoms with Crippen molar-refractivity contribution in [2.75, 3.05) is 5.32 Å². The number of nitrogens with zero attached hydrogens (tertiary/aromatic N) is 1. The van der Waals surface area contributed by atoms with Crippen LogP contribution in [0.15, 0.2) is 28.8 Å². The Hall–Kier alpha value is -1.30. The van der Waals surface area contributed by atoms with E-state index in [1.165, 1.54) is 6.20 Å². The maximum atomic E-state index is 5.98. The first-order chi connectivity index (χ1) is 9.04. The molecule has 0 unspecified atom stereocenters. The Kier molecular flexibility index (Phi) is 4.63. The average Bonchev–Trinajstić information content (AvgIpc) is 2.76. The van der Waals surface area contributed by atoms with Crippen molar-refractivity contribution in [3.63, 3.8) is 0 Å². The number of anilines is 1. The van der Waals surface area contributed by atoms with Crippen LogP contribution in [0.4, 0.5) is 5.82 Å². The van der Waals surface area contributed by atoms with Crippen LogP contribution in [0.25, 0.3) is 0 Å². The van der Waals surface area contributed by atoms with E-state index in [4.69, 9.17) is 39.8 Å². The predicted octanol–water partition coefficient (Wildman–Crippen LogP) is 3.78. The summed E-state index contributed by atoms with van der Waals surface area (Å²) >= 11 is 16.9. The maximum Gasteiger partial charge on any atom is 0.172 e. The van der Waals surface area contributed by atoms with Gasteiger partial charge in [-0.05, 0) is 37.3 Å². The number of halogens is 2. The lowest BCUT2D eigenvalue weighted by Crippen LogP contribution is -2.28. The summed E-state index contributed by atoms with van der Waals surface area (Å²) in [6, 6.07) is 5.38. The van der Waals surface area contributed by atoms with E-state index in [0.717, 1.165) is 11.5 Å². The summed E-state index contributed by atoms with van der Waals surface area (Å²) in [6.45, 7) is 2.38. The number of thiocarbonyl (C=S) groups is 1. The van der Waals surface area contributed by atoms with Gasteiger partial charge in [-0.25, -0.2) is 4.98 Å². The molecule has 7 heteroatoms. The summed E-state index contributed by atoms with van der Waals surface area (Å²) in [7, 11) is 0. The van der Waals surface area contributed by atoms with E-state index in [0.29, 0.717) is 27.5 Å². The van der Waals surface area contributed by atoms with Crippen molar-refractivity contribution in [3.05, 3.63) is 46.0 Å². The van der Waals surface area contributed by atoms with Crippen LogP contribution in [0.2, 0.25) is 10.0 Å². The standard InChI is InChI=1S/C12H11Cl2N3OS/c1-7-2-3-9(18-7)6-16-12(19)17-11-10(14)4-8(13)5-15-11/h2-5H,6H2,1H3,(H2,15,16,17,19). The molecule has 0 aliphatic carbocycles. The molecule has 2 N–H and O–H groups in total. The second kappa shape index (κ2) is 6.23. The minimum Gasteiger partial charge on any atom is -0.465 e. The summed E-state index contributed by atoms with van der Waals surface area (Å²) < 4.78 is 5.41. The molecule has 2 rings (SSSR count). The first-order valence-electron chi connectivity index (χ1n) is 5.46. The summed E-state index contributed by atoms with van der Waals surface area (Å²) in [4.78, 5) is 4.05. The van der Waals surface area contributed by atoms with E-state index in [2.05, 4.69) is 15.6 Å². The summed E-state index contributed by atoms with van der Waals surface area (Å²) in [6.07, 6.45) is 1.49. The zero-order valence-corrected chi connectivity index (χ0v) is 12.4. The Labute approximate surface area is 126 Å². The third-order valence-corrected chi connectivity index (χ3v) is 3.00. The fourth-order valence-electron chi connectivity index (χ4n) is 1.41. The fraction of sp³-hybridized carbons (Fsp3) is 0.167. The number of aryl methyl sites for hydroxylation is 1. The Morgan fingerprint density at radius 3 is 2.84 bits per heavy atom. The number of hydrogen-bond donors (Lipinski definition) is 2. The molecular weight excluding hydrogens is 305 g/mol. The van der Waals surface area contributed by atoms with Gasteiger partial charge in [-0.15, -0.1) is 0 Å². The van der Waals surface area contributed by atoms with E-state index in [1.54, 1.807) is 6.07 Å². The van der Waals surface area contributed by atoms with Crippen LogP contribution in [0, 0.1) is 6.92 Å². The molecule has 0 atom stereocenters. The normalized spacial score (nSPS) is 10.3. The van der Waals surface area contributed by atoms with E-state index >= 15 is 0 Å². The van der Waals surface area contributed by atoms with Crippen molar-refractivity contribution in [3.8, 4) is 0 Å². The van der Waals surface area contributed by atoms with Gasteiger partial charge in [0.2, 0.25) is 0 Å². The minimum absolute atomic E-state index is 0.408. The van der Waals surface area contributed by atoms with Crippen molar-refractivity contribution >= 4 is 46.4 Å². The molecule has 2 aromatic rings. The Morgan fingerprint density at radius 2 is 2.21 bits per heavy atom. The van der Waals surface area contributed by atoms with Gasteiger partial charge >= 0.3 is 0 Å². The van der Waals surface area contributed by atoms with Crippen LogP contribution < -0.4 is 10.6 Å². The van der Waals surface area contributed by atoms with Crippen LogP contribution >= 0.6 is 35.4 Å². The predicted molar refractivity (Wildman–Crippen MR) is 80.8 cm³/mol. The largest absolute Gasteiger partial charge is 0.465 e. The lowest BCUT2D eigenvalue weighted by molar-refractivity contribution is 0.478. The first-order valence-corrected chi connectivity index (χ1v) is 6.62. The van der Waals surface area contributed by atoms with E-state index in [9.17, 15) is 0 Å². The van der Waals surface area contributed by atoms with Gasteiger partial charge in [-0.2, -0.15) is 0 Å². The van der Waals surface area contributed by atoms with Crippen LogP contribution in [-0.4, -0.2) is 10.1 Å². The van der Waals surface area contributed by atoms with E-state index in [1.807, 2.05) is 19.1 Å². The number of rotatable bonds is 3. The zero-order valence-electron chi connectivity index (χ0n) is 10.0. The van der Waals surface area contributed by atoms with Crippen LogP contribution in [0.1, 0.15) is 11.5 Å². The fourth-order valence-corrected chi connectivity index (χ4v) is 2.00. The molecule has 0 fully saturated rings. The summed E-state index contributed by atoms with van der Waals surface area (Å²) in [5.41, 5.74) is 0. The highest BCUT2D eigenvalue weighted by molar-refractivity contribution is 7.80. The lowest BCUT2D eigenvalue weighted by Gasteiger charge is -2.10. The lowest BCUT2D eigenvalue weighted by atomic mass is 10.4. The Morgan fingerprint density at radius 1 is 1.42 bits per heavy atom. The van der Waals surface area contributed by atoms with Gasteiger partial charge in [0.1, 0.15) is 11.5 Å². The second-order valence-corrected chi connectivity index (χ2v) is 5.06. The van der Waals surface area contributed by atoms with Crippen molar-refractivity contribution in [2.45, 2.75) is 13.5 Å². The zero-order chi connectivity index (χ0) is 13.8. The second-order valence-electron chi connectivity index (χ2n) is 3.80. The first kappa shape index (κ1) is 14.1. The number of pyridine rings is 1. The Balaban J connectivity index is 1.90. The molecule has 4 nitrogen and oxygen atoms in total. The van der Waals surface area contributed by atoms with Gasteiger partial charge in [0, 0.05) is 6.20 Å². The number of furan rings is 1. The molecule has 0 spiro atoms. The molecule has 2 heterocycles. The smallest absolute Gasteiger partial charge is 0.172 e. The van der Waals surface area contributed by atoms with Gasteiger partial charge < -0.3 is 15.1 Å². The molecule has 0 amide bonds. The highest BCUT2D eigenvalue weighted by Crippen LogP contribution is 2.22. The molecule has 2 aromatic heterocycles. The SMILES string of the molecule is Cc1ccc(CNC(=S)Nc2ncc(Cl)cc2Cl)o1. The van der Waals surface area contributed by atoms with Crippen LogP contribution in [0.5, 0.6) is 0 Å². The van der Waals surface area contributed by atoms with Crippen LogP contribution in [0.3, 0.4) is 0 Å². The highest BCUT2D eigenvalue weighted by atomic mass is 35.5. The maximum absolute atomic E-state index is 5.98. The molecule has 0 radical (unpaired) electrons. The minimum atomic E-state index is 0.408. The van der Waals surface area contributed by atoms with E-state index < -0.39 is 0 Å². The van der Waals surface area contributed by atoms with Crippen molar-refractivity contribution in [2.24, 2.45) is 0 Å². The van der Waals surface area contributed by atoms with Crippen molar-refractivity contribution < 1.29 is 4.42 Å². The number of aromatic nitrogens is 1. The van der Waals surface area contributed by atoms with Gasteiger partial charge in [-0.3, -0.25) is 0 Å². The molecule has 0 aliphatic rings. The van der Waals surface area contributed by atoms with Crippen molar-refractivity contribution in [1.29, 1.82) is 0 Å². The van der Waals surface area contributed by atoms with E-state index in [-0.39, 0.29) is 0 Å². The summed E-state index contributed by atoms with van der Waals surface area (Å²) in [5.74, 6) is 2.12. The molecule has 0 aromatic carbocycles. The molecule has 0 saturated carbocycles. The quantitative estimate of drug-likeness (QED) is 0.844. The van der Waals surface area contributed by atoms with Gasteiger partial charge in [-0.1, -0.05) is 23.2 Å². The van der Waals surface area contributed by atoms with Gasteiger partial charge in [0.15, 0.2) is 10.9 Å². The number of nitrogens with one attached hydrogen (secondary N) is 2. The monoisotopic (exact) mass is 315 g/mol. The molecule has 100 valence electrons. The molecule has 19 heavy (non-hydrogen) atoms. The highest BCUT2D eigenvalue weighted by Gasteiger charge is 2.05. The average molecular weight is 316 g/mol. The number of hydrogen-bond acceptors (Lipinski definition) is 3. The molecule has 0 aliphatic heterocycles. The van der Waals surface area contributed by atoms with Crippen molar-refractivity contribution in [1.82, 2.24) is 10.3 Å². The van der Waals surface area contributed by atoms with Crippen LogP contribution in [-0.2, 0) is 6.54 Å². The van der Waals surface area contributed by atoms with Gasteiger partial charge in [0.05, 0.1) is 16.6 Å². The van der Waals surface area contributed by atoms with Gasteiger partial charge in [0.25, 0.3) is 0 Å². The third kappa shape index (κ3) is 4.09. The molecule has 0 bridgehead atoms. The molecular formula is C12H11Cl2N3OS. The summed E-state index contributed by atoms with van der Waals surface area (Å²) in [5, 5.41) is 7.18. The molecule has 0 saturated heterocycles. The Bertz CT molecular complexity index is 600. The topological polar surface area (TPSA) is 50.1 Å². The third-order valence-electron chi connectivity index (χ3n) is 2.26.